The highest BCUT2D eigenvalue weighted by molar-refractivity contribution is 9.10. The maximum atomic E-state index is 10.4. The maximum Gasteiger partial charge on any atom is 0.0746 e. The molecule has 3 N–H and O–H groups in total. The summed E-state index contributed by atoms with van der Waals surface area (Å²) in [5.74, 6) is 0. The van der Waals surface area contributed by atoms with Crippen LogP contribution in [-0.2, 0) is 0 Å². The van der Waals surface area contributed by atoms with Crippen molar-refractivity contribution in [3.05, 3.63) is 34.3 Å². The molecule has 1 saturated heterocycles. The molecule has 20 heavy (non-hydrogen) atoms. The number of hydrogen-bond acceptors (Lipinski definition) is 3. The smallest absolute Gasteiger partial charge is 0.0746 e. The molecule has 112 valence electrons. The first-order valence-electron chi connectivity index (χ1n) is 7.41. The monoisotopic (exact) mass is 340 g/mol. The molecule has 1 aromatic carbocycles. The fourth-order valence-electron chi connectivity index (χ4n) is 3.13. The van der Waals surface area contributed by atoms with E-state index in [9.17, 15) is 5.11 Å². The molecule has 0 saturated carbocycles. The zero-order chi connectivity index (χ0) is 14.8. The molecule has 3 atom stereocenters. The van der Waals surface area contributed by atoms with E-state index in [0.29, 0.717) is 6.54 Å². The molecule has 2 rings (SSSR count). The van der Waals surface area contributed by atoms with Gasteiger partial charge < -0.3 is 10.8 Å². The number of likely N-dealkylation sites (tertiary alicyclic amines) is 1. The predicted octanol–water partition coefficient (Wildman–Crippen LogP) is 3.07. The Balaban J connectivity index is 2.31. The zero-order valence-corrected chi connectivity index (χ0v) is 13.9. The van der Waals surface area contributed by atoms with Gasteiger partial charge in [-0.05, 0) is 44.4 Å². The van der Waals surface area contributed by atoms with Crippen molar-refractivity contribution < 1.29 is 5.11 Å². The van der Waals surface area contributed by atoms with E-state index in [1.807, 2.05) is 13.0 Å². The minimum atomic E-state index is -0.606. The maximum absolute atomic E-state index is 10.4. The van der Waals surface area contributed by atoms with E-state index in [0.717, 1.165) is 30.3 Å². The Hall–Kier alpha value is -0.420. The van der Waals surface area contributed by atoms with Crippen molar-refractivity contribution in [3.63, 3.8) is 0 Å². The second kappa shape index (κ2) is 6.56. The number of aliphatic hydroxyl groups is 1. The Morgan fingerprint density at radius 2 is 2.15 bits per heavy atom. The lowest BCUT2D eigenvalue weighted by Crippen LogP contribution is -2.51. The van der Waals surface area contributed by atoms with E-state index in [1.54, 1.807) is 0 Å². The average molecular weight is 341 g/mol. The highest BCUT2D eigenvalue weighted by Crippen LogP contribution is 2.34. The molecule has 0 amide bonds. The highest BCUT2D eigenvalue weighted by atomic mass is 79.9. The molecule has 0 radical (unpaired) electrons. The summed E-state index contributed by atoms with van der Waals surface area (Å²) in [5, 5.41) is 10.4. The number of β-amino-alcohol motifs (C(OH)–C–C–N with tert-alkyl or cyclic N) is 1. The van der Waals surface area contributed by atoms with E-state index in [-0.39, 0.29) is 12.1 Å². The van der Waals surface area contributed by atoms with Crippen LogP contribution in [0.15, 0.2) is 28.7 Å². The fraction of sp³-hybridized carbons (Fsp3) is 0.625. The van der Waals surface area contributed by atoms with Crippen LogP contribution >= 0.6 is 15.9 Å². The number of piperidine rings is 1. The van der Waals surface area contributed by atoms with Gasteiger partial charge in [0.15, 0.2) is 0 Å². The van der Waals surface area contributed by atoms with Crippen LogP contribution in [0.4, 0.5) is 0 Å². The van der Waals surface area contributed by atoms with Crippen LogP contribution in [0, 0.1) is 0 Å². The average Bonchev–Trinajstić information content (AvgIpc) is 2.40. The van der Waals surface area contributed by atoms with Crippen molar-refractivity contribution in [1.82, 2.24) is 4.90 Å². The molecule has 0 bridgehead atoms. The predicted molar refractivity (Wildman–Crippen MR) is 86.6 cm³/mol. The Kier molecular flexibility index (Phi) is 5.24. The molecule has 1 fully saturated rings. The third kappa shape index (κ3) is 3.61. The number of halogens is 1. The van der Waals surface area contributed by atoms with Crippen LogP contribution < -0.4 is 5.73 Å². The van der Waals surface area contributed by atoms with Crippen LogP contribution in [-0.4, -0.2) is 34.7 Å². The van der Waals surface area contributed by atoms with Crippen molar-refractivity contribution in [1.29, 1.82) is 0 Å². The Morgan fingerprint density at radius 1 is 1.45 bits per heavy atom. The molecule has 1 aliphatic heterocycles. The minimum Gasteiger partial charge on any atom is -0.389 e. The molecule has 0 spiro atoms. The topological polar surface area (TPSA) is 49.5 Å². The number of hydrogen-bond donors (Lipinski definition) is 2. The van der Waals surface area contributed by atoms with Gasteiger partial charge in [0.05, 0.1) is 11.6 Å². The third-order valence-corrected chi connectivity index (χ3v) is 4.92. The quantitative estimate of drug-likeness (QED) is 0.885. The van der Waals surface area contributed by atoms with Gasteiger partial charge in [0.25, 0.3) is 0 Å². The van der Waals surface area contributed by atoms with E-state index < -0.39 is 5.60 Å². The Bertz CT molecular complexity index is 450. The second-order valence-corrected chi connectivity index (χ2v) is 6.96. The number of rotatable bonds is 4. The number of nitrogens with zero attached hydrogens (tertiary/aromatic N) is 1. The molecule has 1 heterocycles. The van der Waals surface area contributed by atoms with E-state index >= 15 is 0 Å². The lowest BCUT2D eigenvalue weighted by Gasteiger charge is -2.43. The van der Waals surface area contributed by atoms with Crippen LogP contribution in [0.2, 0.25) is 0 Å². The van der Waals surface area contributed by atoms with Crippen LogP contribution in [0.5, 0.6) is 0 Å². The van der Waals surface area contributed by atoms with Crippen molar-refractivity contribution in [2.24, 2.45) is 5.73 Å². The van der Waals surface area contributed by atoms with Crippen LogP contribution in [0.1, 0.15) is 44.7 Å². The summed E-state index contributed by atoms with van der Waals surface area (Å²) < 4.78 is 1.10. The van der Waals surface area contributed by atoms with Crippen LogP contribution in [0.25, 0.3) is 0 Å². The molecular weight excluding hydrogens is 316 g/mol. The normalized spacial score (nSPS) is 27.2. The molecule has 4 heteroatoms. The lowest BCUT2D eigenvalue weighted by molar-refractivity contribution is -0.0344. The molecule has 0 aromatic heterocycles. The van der Waals surface area contributed by atoms with Gasteiger partial charge in [-0.2, -0.15) is 0 Å². The van der Waals surface area contributed by atoms with E-state index in [4.69, 9.17) is 5.73 Å². The summed E-state index contributed by atoms with van der Waals surface area (Å²) in [7, 11) is 0. The minimum absolute atomic E-state index is 0.0719. The summed E-state index contributed by atoms with van der Waals surface area (Å²) in [5.41, 5.74) is 7.01. The fourth-order valence-corrected chi connectivity index (χ4v) is 3.65. The Morgan fingerprint density at radius 3 is 2.75 bits per heavy atom. The van der Waals surface area contributed by atoms with Gasteiger partial charge in [0.1, 0.15) is 0 Å². The van der Waals surface area contributed by atoms with Gasteiger partial charge in [0.2, 0.25) is 0 Å². The molecule has 0 aliphatic carbocycles. The first kappa shape index (κ1) is 16.0. The van der Waals surface area contributed by atoms with Crippen LogP contribution in [0.3, 0.4) is 0 Å². The van der Waals surface area contributed by atoms with Gasteiger partial charge in [-0.25, -0.2) is 0 Å². The third-order valence-electron chi connectivity index (χ3n) is 4.20. The summed E-state index contributed by atoms with van der Waals surface area (Å²) >= 11 is 3.64. The Labute approximate surface area is 130 Å². The number of benzene rings is 1. The van der Waals surface area contributed by atoms with Crippen molar-refractivity contribution in [2.45, 2.75) is 50.8 Å². The molecular formula is C16H25BrN2O. The summed E-state index contributed by atoms with van der Waals surface area (Å²) in [6.07, 6.45) is 2.81. The highest BCUT2D eigenvalue weighted by Gasteiger charge is 2.35. The lowest BCUT2D eigenvalue weighted by atomic mass is 9.89. The first-order valence-corrected chi connectivity index (χ1v) is 8.20. The van der Waals surface area contributed by atoms with E-state index in [2.05, 4.69) is 46.0 Å². The molecule has 3 unspecified atom stereocenters. The summed E-state index contributed by atoms with van der Waals surface area (Å²) in [6, 6.07) is 8.50. The van der Waals surface area contributed by atoms with Gasteiger partial charge >= 0.3 is 0 Å². The number of nitrogens with two attached hydrogens (primary N) is 1. The van der Waals surface area contributed by atoms with Crippen molar-refractivity contribution >= 4 is 15.9 Å². The van der Waals surface area contributed by atoms with Gasteiger partial charge in [-0.15, -0.1) is 0 Å². The standard InChI is InChI=1S/C16H25BrN2O/c1-3-14(18)15(12-7-4-5-8-13(12)17)19-10-6-9-16(2,20)11-19/h4-5,7-8,14-15,20H,3,6,9-11,18H2,1-2H3. The van der Waals surface area contributed by atoms with Crippen molar-refractivity contribution in [3.8, 4) is 0 Å². The van der Waals surface area contributed by atoms with Gasteiger partial charge in [-0.3, -0.25) is 4.90 Å². The summed E-state index contributed by atoms with van der Waals surface area (Å²) in [6.45, 7) is 5.73. The largest absolute Gasteiger partial charge is 0.389 e. The van der Waals surface area contributed by atoms with Crippen molar-refractivity contribution in [2.75, 3.05) is 13.1 Å². The zero-order valence-electron chi connectivity index (χ0n) is 12.3. The molecule has 3 nitrogen and oxygen atoms in total. The molecule has 1 aliphatic rings. The summed E-state index contributed by atoms with van der Waals surface area (Å²) in [4.78, 5) is 2.35. The first-order chi connectivity index (χ1) is 9.44. The van der Waals surface area contributed by atoms with Gasteiger partial charge in [-0.1, -0.05) is 41.1 Å². The molecule has 1 aromatic rings. The second-order valence-electron chi connectivity index (χ2n) is 6.11. The van der Waals surface area contributed by atoms with Gasteiger partial charge in [0, 0.05) is 17.1 Å². The SMILES string of the molecule is CCC(N)C(c1ccccc1Br)N1CCCC(C)(O)C1. The van der Waals surface area contributed by atoms with E-state index in [1.165, 1.54) is 5.56 Å².